The molecular formula is C13H21NO. The van der Waals surface area contributed by atoms with Crippen molar-refractivity contribution in [3.8, 4) is 5.75 Å². The second kappa shape index (κ2) is 4.67. The first-order valence-corrected chi connectivity index (χ1v) is 5.53. The van der Waals surface area contributed by atoms with Crippen LogP contribution in [0.5, 0.6) is 5.75 Å². The standard InChI is InChI=1S/C13H21NO/c1-8(2)11-5-10(7-14)6-12(9(3)4)13(11)15/h5-6,8-9,15H,7,14H2,1-4H3. The quantitative estimate of drug-likeness (QED) is 0.800. The number of nitrogens with two attached hydrogens (primary N) is 1. The van der Waals surface area contributed by atoms with Gasteiger partial charge < -0.3 is 10.8 Å². The maximum atomic E-state index is 10.1. The smallest absolute Gasteiger partial charge is 0.122 e. The van der Waals surface area contributed by atoms with Gasteiger partial charge in [-0.05, 0) is 28.5 Å². The Morgan fingerprint density at radius 1 is 1.07 bits per heavy atom. The van der Waals surface area contributed by atoms with E-state index in [1.165, 1.54) is 0 Å². The maximum Gasteiger partial charge on any atom is 0.122 e. The summed E-state index contributed by atoms with van der Waals surface area (Å²) in [6, 6.07) is 4.01. The van der Waals surface area contributed by atoms with Gasteiger partial charge in [0.25, 0.3) is 0 Å². The van der Waals surface area contributed by atoms with Gasteiger partial charge >= 0.3 is 0 Å². The first-order chi connectivity index (χ1) is 6.97. The number of phenols is 1. The summed E-state index contributed by atoms with van der Waals surface area (Å²) in [5.41, 5.74) is 8.76. The number of hydrogen-bond donors (Lipinski definition) is 2. The van der Waals surface area contributed by atoms with E-state index in [0.29, 0.717) is 24.1 Å². The first-order valence-electron chi connectivity index (χ1n) is 5.53. The molecule has 3 N–H and O–H groups in total. The fourth-order valence-electron chi connectivity index (χ4n) is 1.74. The van der Waals surface area contributed by atoms with Crippen LogP contribution in [0.2, 0.25) is 0 Å². The average molecular weight is 207 g/mol. The van der Waals surface area contributed by atoms with Gasteiger partial charge in [-0.2, -0.15) is 0 Å². The fourth-order valence-corrected chi connectivity index (χ4v) is 1.74. The zero-order chi connectivity index (χ0) is 11.6. The van der Waals surface area contributed by atoms with Crippen molar-refractivity contribution in [1.82, 2.24) is 0 Å². The molecule has 0 atom stereocenters. The van der Waals surface area contributed by atoms with Gasteiger partial charge in [0, 0.05) is 6.54 Å². The van der Waals surface area contributed by atoms with E-state index in [1.54, 1.807) is 0 Å². The molecule has 1 aromatic rings. The highest BCUT2D eigenvalue weighted by molar-refractivity contribution is 5.46. The van der Waals surface area contributed by atoms with E-state index in [0.717, 1.165) is 16.7 Å². The summed E-state index contributed by atoms with van der Waals surface area (Å²) in [6.07, 6.45) is 0. The van der Waals surface area contributed by atoms with Gasteiger partial charge in [0.05, 0.1) is 0 Å². The van der Waals surface area contributed by atoms with Gasteiger partial charge in [-0.3, -0.25) is 0 Å². The molecule has 0 saturated carbocycles. The molecule has 0 radical (unpaired) electrons. The van der Waals surface area contributed by atoms with Crippen molar-refractivity contribution in [3.05, 3.63) is 28.8 Å². The molecule has 0 aliphatic heterocycles. The van der Waals surface area contributed by atoms with Crippen LogP contribution in [0.3, 0.4) is 0 Å². The number of hydrogen-bond acceptors (Lipinski definition) is 2. The van der Waals surface area contributed by atoms with Gasteiger partial charge in [-0.15, -0.1) is 0 Å². The highest BCUT2D eigenvalue weighted by Gasteiger charge is 2.14. The minimum Gasteiger partial charge on any atom is -0.507 e. The maximum absolute atomic E-state index is 10.1. The van der Waals surface area contributed by atoms with E-state index in [2.05, 4.69) is 27.7 Å². The molecule has 0 unspecified atom stereocenters. The second-order valence-electron chi connectivity index (χ2n) is 4.64. The topological polar surface area (TPSA) is 46.2 Å². The Kier molecular flexibility index (Phi) is 3.75. The Labute approximate surface area is 92.1 Å². The molecule has 0 saturated heterocycles. The average Bonchev–Trinajstić information content (AvgIpc) is 2.17. The summed E-state index contributed by atoms with van der Waals surface area (Å²) < 4.78 is 0. The van der Waals surface area contributed by atoms with Crippen molar-refractivity contribution >= 4 is 0 Å². The Balaban J connectivity index is 3.33. The number of aromatic hydroxyl groups is 1. The van der Waals surface area contributed by atoms with Crippen LogP contribution >= 0.6 is 0 Å². The van der Waals surface area contributed by atoms with Crippen LogP contribution < -0.4 is 5.73 Å². The van der Waals surface area contributed by atoms with Crippen LogP contribution in [0.25, 0.3) is 0 Å². The molecule has 84 valence electrons. The van der Waals surface area contributed by atoms with Crippen molar-refractivity contribution in [2.75, 3.05) is 0 Å². The van der Waals surface area contributed by atoms with Crippen molar-refractivity contribution < 1.29 is 5.11 Å². The van der Waals surface area contributed by atoms with Crippen LogP contribution in [-0.4, -0.2) is 5.11 Å². The predicted octanol–water partition coefficient (Wildman–Crippen LogP) is 3.10. The molecule has 0 aliphatic carbocycles. The minimum absolute atomic E-state index is 0.328. The first kappa shape index (κ1) is 12.1. The van der Waals surface area contributed by atoms with E-state index in [1.807, 2.05) is 12.1 Å². The number of phenolic OH excluding ortho intramolecular Hbond substituents is 1. The third-order valence-electron chi connectivity index (χ3n) is 2.71. The summed E-state index contributed by atoms with van der Waals surface area (Å²) in [5.74, 6) is 1.10. The molecule has 0 amide bonds. The molecule has 0 aliphatic rings. The molecule has 0 spiro atoms. The Hall–Kier alpha value is -1.02. The lowest BCUT2D eigenvalue weighted by Gasteiger charge is -2.16. The summed E-state index contributed by atoms with van der Waals surface area (Å²) in [6.45, 7) is 8.86. The number of rotatable bonds is 3. The van der Waals surface area contributed by atoms with E-state index >= 15 is 0 Å². The molecule has 2 heteroatoms. The Morgan fingerprint density at radius 3 is 1.73 bits per heavy atom. The normalized spacial score (nSPS) is 11.4. The SMILES string of the molecule is CC(C)c1cc(CN)cc(C(C)C)c1O. The van der Waals surface area contributed by atoms with Crippen LogP contribution in [0.4, 0.5) is 0 Å². The van der Waals surface area contributed by atoms with E-state index < -0.39 is 0 Å². The molecule has 0 bridgehead atoms. The van der Waals surface area contributed by atoms with E-state index in [-0.39, 0.29) is 0 Å². The molecule has 2 nitrogen and oxygen atoms in total. The van der Waals surface area contributed by atoms with Crippen molar-refractivity contribution in [2.24, 2.45) is 5.73 Å². The third kappa shape index (κ3) is 2.51. The van der Waals surface area contributed by atoms with Gasteiger partial charge in [-0.1, -0.05) is 39.8 Å². The highest BCUT2D eigenvalue weighted by Crippen LogP contribution is 2.34. The Morgan fingerprint density at radius 2 is 1.47 bits per heavy atom. The molecule has 0 aromatic heterocycles. The van der Waals surface area contributed by atoms with Crippen molar-refractivity contribution in [2.45, 2.75) is 46.1 Å². The van der Waals surface area contributed by atoms with Gasteiger partial charge in [-0.25, -0.2) is 0 Å². The van der Waals surface area contributed by atoms with Gasteiger partial charge in [0.15, 0.2) is 0 Å². The molecule has 15 heavy (non-hydrogen) atoms. The summed E-state index contributed by atoms with van der Waals surface area (Å²) in [4.78, 5) is 0. The molecule has 0 fully saturated rings. The lowest BCUT2D eigenvalue weighted by atomic mass is 9.91. The molecule has 1 aromatic carbocycles. The van der Waals surface area contributed by atoms with Crippen LogP contribution in [-0.2, 0) is 6.54 Å². The van der Waals surface area contributed by atoms with Crippen LogP contribution in [0.1, 0.15) is 56.2 Å². The van der Waals surface area contributed by atoms with Crippen molar-refractivity contribution in [3.63, 3.8) is 0 Å². The predicted molar refractivity (Wildman–Crippen MR) is 64.2 cm³/mol. The fraction of sp³-hybridized carbons (Fsp3) is 0.538. The lowest BCUT2D eigenvalue weighted by molar-refractivity contribution is 0.454. The van der Waals surface area contributed by atoms with Gasteiger partial charge in [0.2, 0.25) is 0 Å². The highest BCUT2D eigenvalue weighted by atomic mass is 16.3. The zero-order valence-electron chi connectivity index (χ0n) is 10.0. The Bertz CT molecular complexity index is 313. The van der Waals surface area contributed by atoms with Gasteiger partial charge in [0.1, 0.15) is 5.75 Å². The lowest BCUT2D eigenvalue weighted by Crippen LogP contribution is -2.02. The summed E-state index contributed by atoms with van der Waals surface area (Å²) in [7, 11) is 0. The van der Waals surface area contributed by atoms with E-state index in [9.17, 15) is 5.11 Å². The minimum atomic E-state index is 0.328. The van der Waals surface area contributed by atoms with Crippen LogP contribution in [0, 0.1) is 0 Å². The van der Waals surface area contributed by atoms with Crippen LogP contribution in [0.15, 0.2) is 12.1 Å². The summed E-state index contributed by atoms with van der Waals surface area (Å²) >= 11 is 0. The van der Waals surface area contributed by atoms with Crippen molar-refractivity contribution in [1.29, 1.82) is 0 Å². The molecule has 0 heterocycles. The third-order valence-corrected chi connectivity index (χ3v) is 2.71. The largest absolute Gasteiger partial charge is 0.507 e. The second-order valence-corrected chi connectivity index (χ2v) is 4.64. The monoisotopic (exact) mass is 207 g/mol. The summed E-state index contributed by atoms with van der Waals surface area (Å²) in [5, 5.41) is 10.1. The number of benzene rings is 1. The van der Waals surface area contributed by atoms with E-state index in [4.69, 9.17) is 5.73 Å². The zero-order valence-corrected chi connectivity index (χ0v) is 10.0. The molecule has 1 rings (SSSR count). The molecular weight excluding hydrogens is 186 g/mol.